The zero-order valence-electron chi connectivity index (χ0n) is 18.5. The molecule has 2 bridgehead atoms. The van der Waals surface area contributed by atoms with Crippen LogP contribution in [0.2, 0.25) is 0 Å². The van der Waals surface area contributed by atoms with Crippen LogP contribution in [-0.2, 0) is 16.4 Å². The number of aryl methyl sites for hydroxylation is 1. The molecule has 6 rings (SSSR count). The molecule has 0 saturated carbocycles. The number of rotatable bonds is 6. The first-order valence-corrected chi connectivity index (χ1v) is 13.4. The molecule has 3 atom stereocenters. The van der Waals surface area contributed by atoms with E-state index in [-0.39, 0.29) is 23.9 Å². The lowest BCUT2D eigenvalue weighted by Gasteiger charge is -2.40. The van der Waals surface area contributed by atoms with E-state index in [4.69, 9.17) is 0 Å². The van der Waals surface area contributed by atoms with Gasteiger partial charge in [-0.05, 0) is 61.4 Å². The highest BCUT2D eigenvalue weighted by Crippen LogP contribution is 2.44. The Morgan fingerprint density at radius 2 is 1.76 bits per heavy atom. The summed E-state index contributed by atoms with van der Waals surface area (Å²) < 4.78 is 31.2. The molecule has 0 amide bonds. The smallest absolute Gasteiger partial charge is 0.215 e. The Balaban J connectivity index is 1.28. The van der Waals surface area contributed by atoms with Crippen molar-refractivity contribution in [2.24, 2.45) is 0 Å². The molecular weight excluding hydrogens is 432 g/mol. The van der Waals surface area contributed by atoms with Crippen molar-refractivity contribution < 1.29 is 8.42 Å². The Labute approximate surface area is 194 Å². The van der Waals surface area contributed by atoms with Crippen molar-refractivity contribution in [2.45, 2.75) is 50.2 Å². The van der Waals surface area contributed by atoms with E-state index in [1.54, 1.807) is 0 Å². The van der Waals surface area contributed by atoms with Gasteiger partial charge in [0.25, 0.3) is 0 Å². The van der Waals surface area contributed by atoms with Crippen LogP contribution in [-0.4, -0.2) is 45.3 Å². The molecule has 0 aliphatic carbocycles. The normalized spacial score (nSPS) is 23.3. The van der Waals surface area contributed by atoms with Gasteiger partial charge in [0.15, 0.2) is 0 Å². The van der Waals surface area contributed by atoms with Crippen LogP contribution in [0.5, 0.6) is 0 Å². The number of fused-ring (bicyclic) bond motifs is 3. The Kier molecular flexibility index (Phi) is 5.11. The minimum absolute atomic E-state index is 0.0358. The van der Waals surface area contributed by atoms with Crippen LogP contribution in [0, 0.1) is 0 Å². The lowest BCUT2D eigenvalue weighted by atomic mass is 9.99. The summed E-state index contributed by atoms with van der Waals surface area (Å²) in [5.41, 5.74) is 4.44. The molecule has 2 aliphatic heterocycles. The molecule has 2 aromatic heterocycles. The number of hydrogen-bond acceptors (Lipinski definition) is 3. The molecule has 2 saturated heterocycles. The summed E-state index contributed by atoms with van der Waals surface area (Å²) in [5.74, 6) is 0.178. The van der Waals surface area contributed by atoms with E-state index in [0.717, 1.165) is 42.4 Å². The van der Waals surface area contributed by atoms with Crippen LogP contribution in [0.1, 0.15) is 37.3 Å². The van der Waals surface area contributed by atoms with Crippen molar-refractivity contribution in [1.82, 2.24) is 19.1 Å². The fraction of sp³-hybridized carbons (Fsp3) is 0.346. The third-order valence-corrected chi connectivity index (χ3v) is 9.38. The first-order chi connectivity index (χ1) is 16.1. The van der Waals surface area contributed by atoms with Gasteiger partial charge < -0.3 is 4.57 Å². The molecule has 2 fully saturated rings. The monoisotopic (exact) mass is 460 g/mol. The van der Waals surface area contributed by atoms with Gasteiger partial charge in [-0.1, -0.05) is 36.4 Å². The summed E-state index contributed by atoms with van der Waals surface area (Å²) in [6.07, 6.45) is 10.3. The van der Waals surface area contributed by atoms with Crippen molar-refractivity contribution in [3.63, 3.8) is 0 Å². The number of aromatic amines is 1. The summed E-state index contributed by atoms with van der Waals surface area (Å²) in [6.45, 7) is 0. The number of benzene rings is 2. The molecule has 4 heterocycles. The molecular formula is C26H28N4O2S. The first-order valence-electron chi connectivity index (χ1n) is 11.7. The second-order valence-electron chi connectivity index (χ2n) is 9.31. The van der Waals surface area contributed by atoms with Crippen LogP contribution in [0.25, 0.3) is 22.0 Å². The van der Waals surface area contributed by atoms with E-state index in [1.165, 1.54) is 10.9 Å². The largest absolute Gasteiger partial charge is 0.343 e. The van der Waals surface area contributed by atoms with E-state index in [2.05, 4.69) is 45.2 Å². The second-order valence-corrected chi connectivity index (χ2v) is 11.3. The van der Waals surface area contributed by atoms with E-state index in [0.29, 0.717) is 6.42 Å². The standard InChI is InChI=1S/C26H28N4O2S/c31-33(32,15-13-19-4-2-1-3-5-19)30-23-7-10-25(26(30)11-8-23)29-14-12-21-16-20(6-9-24(21)29)22-17-27-28-18-22/h1-6,9,12,14,16-18,23,25-26H,7-8,10-11,13,15H2,(H,27,28). The summed E-state index contributed by atoms with van der Waals surface area (Å²) in [5, 5.41) is 8.10. The number of sulfonamides is 1. The third kappa shape index (κ3) is 3.69. The van der Waals surface area contributed by atoms with Gasteiger partial charge in [-0.15, -0.1) is 0 Å². The molecule has 3 unspecified atom stereocenters. The van der Waals surface area contributed by atoms with Gasteiger partial charge >= 0.3 is 0 Å². The molecule has 170 valence electrons. The maximum absolute atomic E-state index is 13.5. The van der Waals surface area contributed by atoms with E-state index >= 15 is 0 Å². The van der Waals surface area contributed by atoms with Crippen LogP contribution in [0.3, 0.4) is 0 Å². The summed E-state index contributed by atoms with van der Waals surface area (Å²) >= 11 is 0. The summed E-state index contributed by atoms with van der Waals surface area (Å²) in [7, 11) is -3.32. The summed E-state index contributed by atoms with van der Waals surface area (Å²) in [6, 6.07) is 18.9. The molecule has 1 N–H and O–H groups in total. The van der Waals surface area contributed by atoms with Gasteiger partial charge in [-0.3, -0.25) is 5.10 Å². The van der Waals surface area contributed by atoms with Crippen molar-refractivity contribution in [2.75, 3.05) is 5.75 Å². The lowest BCUT2D eigenvalue weighted by Crippen LogP contribution is -2.49. The van der Waals surface area contributed by atoms with Crippen LogP contribution >= 0.6 is 0 Å². The Bertz CT molecular complexity index is 1360. The minimum atomic E-state index is -3.32. The van der Waals surface area contributed by atoms with Gasteiger partial charge in [0.1, 0.15) is 0 Å². The molecule has 0 spiro atoms. The summed E-state index contributed by atoms with van der Waals surface area (Å²) in [4.78, 5) is 0. The van der Waals surface area contributed by atoms with E-state index < -0.39 is 10.0 Å². The maximum atomic E-state index is 13.5. The highest BCUT2D eigenvalue weighted by molar-refractivity contribution is 7.89. The van der Waals surface area contributed by atoms with Gasteiger partial charge in [0.05, 0.1) is 18.0 Å². The third-order valence-electron chi connectivity index (χ3n) is 7.44. The number of aromatic nitrogens is 3. The number of piperidine rings is 1. The number of nitrogens with zero attached hydrogens (tertiary/aromatic N) is 3. The van der Waals surface area contributed by atoms with Gasteiger partial charge in [-0.25, -0.2) is 8.42 Å². The average Bonchev–Trinajstić information content (AvgIpc) is 3.58. The van der Waals surface area contributed by atoms with Crippen LogP contribution < -0.4 is 0 Å². The second kappa shape index (κ2) is 8.15. The average molecular weight is 461 g/mol. The minimum Gasteiger partial charge on any atom is -0.343 e. The number of H-pyrrole nitrogens is 1. The fourth-order valence-corrected chi connectivity index (χ4v) is 7.90. The molecule has 2 aliphatic rings. The van der Waals surface area contributed by atoms with E-state index in [9.17, 15) is 8.42 Å². The molecule has 2 aromatic carbocycles. The van der Waals surface area contributed by atoms with Crippen LogP contribution in [0.4, 0.5) is 0 Å². The first kappa shape index (κ1) is 20.7. The fourth-order valence-electron chi connectivity index (χ4n) is 5.87. The highest BCUT2D eigenvalue weighted by Gasteiger charge is 2.48. The van der Waals surface area contributed by atoms with Crippen molar-refractivity contribution >= 4 is 20.9 Å². The predicted molar refractivity (Wildman–Crippen MR) is 130 cm³/mol. The molecule has 0 radical (unpaired) electrons. The number of hydrogen-bond donors (Lipinski definition) is 1. The van der Waals surface area contributed by atoms with Crippen molar-refractivity contribution in [1.29, 1.82) is 0 Å². The maximum Gasteiger partial charge on any atom is 0.215 e. The molecule has 33 heavy (non-hydrogen) atoms. The Morgan fingerprint density at radius 1 is 0.939 bits per heavy atom. The molecule has 4 aromatic rings. The zero-order valence-corrected chi connectivity index (χ0v) is 19.3. The Morgan fingerprint density at radius 3 is 2.55 bits per heavy atom. The SMILES string of the molecule is O=S(=O)(CCc1ccccc1)N1C2CCC1C(n1ccc3cc(-c4cn[nH]c4)ccc31)CC2. The zero-order chi connectivity index (χ0) is 22.4. The quantitative estimate of drug-likeness (QED) is 0.450. The predicted octanol–water partition coefficient (Wildman–Crippen LogP) is 4.77. The van der Waals surface area contributed by atoms with Crippen molar-refractivity contribution in [3.05, 3.63) is 78.8 Å². The Hall–Kier alpha value is -2.90. The van der Waals surface area contributed by atoms with Gasteiger partial charge in [0, 0.05) is 40.9 Å². The van der Waals surface area contributed by atoms with Crippen molar-refractivity contribution in [3.8, 4) is 11.1 Å². The highest BCUT2D eigenvalue weighted by atomic mass is 32.2. The lowest BCUT2D eigenvalue weighted by molar-refractivity contribution is 0.183. The molecule has 6 nitrogen and oxygen atoms in total. The van der Waals surface area contributed by atoms with Crippen LogP contribution in [0.15, 0.2) is 73.2 Å². The van der Waals surface area contributed by atoms with Gasteiger partial charge in [0.2, 0.25) is 10.0 Å². The van der Waals surface area contributed by atoms with Gasteiger partial charge in [-0.2, -0.15) is 9.40 Å². The number of nitrogens with one attached hydrogen (secondary N) is 1. The topological polar surface area (TPSA) is 71.0 Å². The molecule has 7 heteroatoms. The van der Waals surface area contributed by atoms with E-state index in [1.807, 2.05) is 47.0 Å².